The van der Waals surface area contributed by atoms with Crippen molar-refractivity contribution in [1.82, 2.24) is 25.0 Å². The lowest BCUT2D eigenvalue weighted by Crippen LogP contribution is -2.12. The Bertz CT molecular complexity index is 1060. The molecule has 118 valence electrons. The molecule has 0 spiro atoms. The summed E-state index contributed by atoms with van der Waals surface area (Å²) in [5.41, 5.74) is 0.624. The molecule has 11 heteroatoms. The van der Waals surface area contributed by atoms with E-state index in [1.807, 2.05) is 0 Å². The van der Waals surface area contributed by atoms with Crippen molar-refractivity contribution in [3.05, 3.63) is 51.5 Å². The molecule has 0 amide bonds. The molecule has 0 fully saturated rings. The first-order chi connectivity index (χ1) is 10.9. The van der Waals surface area contributed by atoms with Crippen LogP contribution in [0.15, 0.2) is 46.1 Å². The number of benzene rings is 1. The Kier molecular flexibility index (Phi) is 3.67. The van der Waals surface area contributed by atoms with Crippen LogP contribution in [-0.4, -0.2) is 33.4 Å². The second kappa shape index (κ2) is 5.53. The number of rotatable bonds is 3. The van der Waals surface area contributed by atoms with E-state index in [-0.39, 0.29) is 15.2 Å². The molecule has 0 saturated carbocycles. The molecular formula is C12H10N6O3S2. The van der Waals surface area contributed by atoms with Crippen molar-refractivity contribution in [1.29, 1.82) is 0 Å². The Hall–Kier alpha value is -2.63. The lowest BCUT2D eigenvalue weighted by Gasteiger charge is -2.07. The van der Waals surface area contributed by atoms with E-state index in [0.29, 0.717) is 17.2 Å². The first-order valence-corrected chi connectivity index (χ1v) is 8.18. The second-order valence-electron chi connectivity index (χ2n) is 4.53. The number of aromatic nitrogens is 5. The maximum Gasteiger partial charge on any atom is 0.264 e. The summed E-state index contributed by atoms with van der Waals surface area (Å²) in [4.78, 5) is 11.1. The molecule has 1 aromatic carbocycles. The highest BCUT2D eigenvalue weighted by Gasteiger charge is 2.13. The highest BCUT2D eigenvalue weighted by Crippen LogP contribution is 2.20. The van der Waals surface area contributed by atoms with Gasteiger partial charge >= 0.3 is 0 Å². The van der Waals surface area contributed by atoms with Gasteiger partial charge in [0.25, 0.3) is 5.56 Å². The molecule has 4 N–H and O–H groups in total. The molecule has 0 aliphatic rings. The molecule has 0 radical (unpaired) electrons. The molecule has 0 bridgehead atoms. The summed E-state index contributed by atoms with van der Waals surface area (Å²) >= 11 is 5.19. The molecule has 2 heterocycles. The zero-order chi connectivity index (χ0) is 16.6. The van der Waals surface area contributed by atoms with Gasteiger partial charge in [0.05, 0.1) is 10.6 Å². The van der Waals surface area contributed by atoms with Gasteiger partial charge in [0.1, 0.15) is 5.69 Å². The van der Waals surface area contributed by atoms with Crippen molar-refractivity contribution >= 4 is 22.2 Å². The third kappa shape index (κ3) is 2.97. The molecule has 3 aromatic rings. The van der Waals surface area contributed by atoms with Gasteiger partial charge in [-0.05, 0) is 42.5 Å². The fraction of sp³-hybridized carbons (Fsp3) is 0. The smallest absolute Gasteiger partial charge is 0.264 e. The van der Waals surface area contributed by atoms with E-state index >= 15 is 0 Å². The Morgan fingerprint density at radius 2 is 1.74 bits per heavy atom. The Morgan fingerprint density at radius 1 is 1.04 bits per heavy atom. The molecule has 0 saturated heterocycles. The zero-order valence-electron chi connectivity index (χ0n) is 11.4. The van der Waals surface area contributed by atoms with Crippen molar-refractivity contribution in [2.75, 3.05) is 0 Å². The minimum atomic E-state index is -3.78. The van der Waals surface area contributed by atoms with Crippen LogP contribution in [0.25, 0.3) is 17.2 Å². The number of hydrogen-bond donors (Lipinski definition) is 3. The second-order valence-corrected chi connectivity index (χ2v) is 6.48. The average molecular weight is 350 g/mol. The summed E-state index contributed by atoms with van der Waals surface area (Å²) in [6.45, 7) is 0. The molecule has 9 nitrogen and oxygen atoms in total. The van der Waals surface area contributed by atoms with E-state index in [0.717, 1.165) is 0 Å². The predicted octanol–water partition coefficient (Wildman–Crippen LogP) is 0.328. The van der Waals surface area contributed by atoms with E-state index < -0.39 is 10.0 Å². The fourth-order valence-corrected chi connectivity index (χ4v) is 2.72. The summed E-state index contributed by atoms with van der Waals surface area (Å²) < 4.78 is 24.5. The van der Waals surface area contributed by atoms with Crippen LogP contribution in [-0.2, 0) is 10.0 Å². The SMILES string of the molecule is NS(=O)(=O)c1ccc(-n2c(-c3ccc(=O)[nH]n3)n[nH]c2=S)cc1. The predicted molar refractivity (Wildman–Crippen MR) is 84.0 cm³/mol. The van der Waals surface area contributed by atoms with E-state index in [2.05, 4.69) is 20.4 Å². The Labute approximate surface area is 134 Å². The molecule has 0 aliphatic heterocycles. The van der Waals surface area contributed by atoms with Gasteiger partial charge in [0.15, 0.2) is 10.6 Å². The quantitative estimate of drug-likeness (QED) is 0.582. The number of nitrogens with zero attached hydrogens (tertiary/aromatic N) is 3. The van der Waals surface area contributed by atoms with Crippen LogP contribution >= 0.6 is 12.2 Å². The minimum Gasteiger partial charge on any atom is -0.268 e. The summed E-state index contributed by atoms with van der Waals surface area (Å²) in [5.74, 6) is 0.370. The number of nitrogens with one attached hydrogen (secondary N) is 2. The van der Waals surface area contributed by atoms with Crippen molar-refractivity contribution in [2.24, 2.45) is 5.14 Å². The number of primary sulfonamides is 1. The summed E-state index contributed by atoms with van der Waals surface area (Å²) in [6, 6.07) is 8.63. The third-order valence-corrected chi connectivity index (χ3v) is 4.21. The van der Waals surface area contributed by atoms with Crippen molar-refractivity contribution < 1.29 is 8.42 Å². The van der Waals surface area contributed by atoms with Crippen LogP contribution in [0.2, 0.25) is 0 Å². The fourth-order valence-electron chi connectivity index (χ4n) is 1.96. The molecule has 2 aromatic heterocycles. The van der Waals surface area contributed by atoms with Gasteiger partial charge < -0.3 is 0 Å². The lowest BCUT2D eigenvalue weighted by molar-refractivity contribution is 0.598. The van der Waals surface area contributed by atoms with Crippen LogP contribution in [0.5, 0.6) is 0 Å². The highest BCUT2D eigenvalue weighted by atomic mass is 32.2. The minimum absolute atomic E-state index is 0.0139. The summed E-state index contributed by atoms with van der Waals surface area (Å²) in [6.07, 6.45) is 0. The van der Waals surface area contributed by atoms with Gasteiger partial charge in [0.2, 0.25) is 10.0 Å². The largest absolute Gasteiger partial charge is 0.268 e. The molecule has 23 heavy (non-hydrogen) atoms. The van der Waals surface area contributed by atoms with Gasteiger partial charge in [-0.15, -0.1) is 0 Å². The number of aromatic amines is 2. The van der Waals surface area contributed by atoms with Gasteiger partial charge in [-0.25, -0.2) is 18.7 Å². The standard InChI is InChI=1S/C12H10N6O3S2/c13-23(20,21)8-3-1-7(2-4-8)18-11(16-17-12(18)22)9-5-6-10(19)15-14-9/h1-6H,(H,15,19)(H,17,22)(H2,13,20,21). The summed E-state index contributed by atoms with van der Waals surface area (Å²) in [5, 5.41) is 18.0. The van der Waals surface area contributed by atoms with Gasteiger partial charge in [0, 0.05) is 6.07 Å². The molecule has 0 atom stereocenters. The molecule has 0 unspecified atom stereocenters. The average Bonchev–Trinajstić information content (AvgIpc) is 2.89. The van der Waals surface area contributed by atoms with Crippen molar-refractivity contribution in [3.63, 3.8) is 0 Å². The van der Waals surface area contributed by atoms with Crippen molar-refractivity contribution in [2.45, 2.75) is 4.90 Å². The third-order valence-electron chi connectivity index (χ3n) is 3.00. The van der Waals surface area contributed by atoms with E-state index in [4.69, 9.17) is 17.4 Å². The number of hydrogen-bond acceptors (Lipinski definition) is 6. The lowest BCUT2D eigenvalue weighted by atomic mass is 10.3. The summed E-state index contributed by atoms with van der Waals surface area (Å²) in [7, 11) is -3.78. The number of nitrogens with two attached hydrogens (primary N) is 1. The maximum absolute atomic E-state index is 11.3. The van der Waals surface area contributed by atoms with E-state index in [9.17, 15) is 13.2 Å². The molecule has 3 rings (SSSR count). The highest BCUT2D eigenvalue weighted by molar-refractivity contribution is 7.89. The van der Waals surface area contributed by atoms with Crippen LogP contribution in [0.1, 0.15) is 0 Å². The van der Waals surface area contributed by atoms with Gasteiger partial charge in [-0.1, -0.05) is 0 Å². The van der Waals surface area contributed by atoms with Crippen LogP contribution in [0.4, 0.5) is 0 Å². The topological polar surface area (TPSA) is 140 Å². The number of sulfonamides is 1. The molecule has 0 aliphatic carbocycles. The first kappa shape index (κ1) is 15.3. The van der Waals surface area contributed by atoms with E-state index in [1.54, 1.807) is 16.7 Å². The van der Waals surface area contributed by atoms with E-state index in [1.165, 1.54) is 24.3 Å². The Morgan fingerprint density at radius 3 is 2.30 bits per heavy atom. The Balaban J connectivity index is 2.14. The van der Waals surface area contributed by atoms with Crippen LogP contribution in [0, 0.1) is 4.77 Å². The zero-order valence-corrected chi connectivity index (χ0v) is 13.1. The van der Waals surface area contributed by atoms with Crippen molar-refractivity contribution in [3.8, 4) is 17.2 Å². The van der Waals surface area contributed by atoms with Gasteiger partial charge in [-0.3, -0.25) is 14.5 Å². The van der Waals surface area contributed by atoms with Crippen LogP contribution in [0.3, 0.4) is 0 Å². The normalized spacial score (nSPS) is 11.5. The number of H-pyrrole nitrogens is 2. The monoisotopic (exact) mass is 350 g/mol. The maximum atomic E-state index is 11.3. The van der Waals surface area contributed by atoms with Gasteiger partial charge in [-0.2, -0.15) is 10.2 Å². The first-order valence-electron chi connectivity index (χ1n) is 6.23. The van der Waals surface area contributed by atoms with Crippen LogP contribution < -0.4 is 10.7 Å². The molecular weight excluding hydrogens is 340 g/mol.